The third kappa shape index (κ3) is 18.6. The van der Waals surface area contributed by atoms with E-state index in [9.17, 15) is 28.8 Å². The monoisotopic (exact) mass is 1260 g/mol. The van der Waals surface area contributed by atoms with Gasteiger partial charge in [0.2, 0.25) is 0 Å². The number of benzene rings is 4. The van der Waals surface area contributed by atoms with E-state index in [4.69, 9.17) is 18.9 Å². The average molecular weight is 1260 g/mol. The summed E-state index contributed by atoms with van der Waals surface area (Å²) in [5, 5.41) is 8.90. The first-order valence-electron chi connectivity index (χ1n) is 31.6. The topological polar surface area (TPSA) is 248 Å². The molecule has 4 aromatic carbocycles. The fraction of sp³-hybridized carbons (Fsp3) is 0.486. The van der Waals surface area contributed by atoms with Gasteiger partial charge in [0.15, 0.2) is 36.1 Å². The van der Waals surface area contributed by atoms with Crippen LogP contribution in [-0.2, 0) is 83.2 Å². The van der Waals surface area contributed by atoms with Gasteiger partial charge in [-0.1, -0.05) is 165 Å². The molecule has 22 nitrogen and oxygen atoms in total. The first-order valence-corrected chi connectivity index (χ1v) is 31.6. The molecule has 22 heteroatoms. The largest absolute Gasteiger partial charge is 0.451 e. The van der Waals surface area contributed by atoms with Crippen LogP contribution in [-0.4, -0.2) is 173 Å². The number of hydrogen-bond acceptors (Lipinski definition) is 16. The average Bonchev–Trinajstić information content (AvgIpc) is 1.06. The van der Waals surface area contributed by atoms with E-state index in [2.05, 4.69) is 20.2 Å². The summed E-state index contributed by atoms with van der Waals surface area (Å²) in [7, 11) is 5.56. The van der Waals surface area contributed by atoms with E-state index < -0.39 is 96.1 Å². The Labute approximate surface area is 539 Å². The Morgan fingerprint density at radius 1 is 0.370 bits per heavy atom. The number of ether oxygens (including phenoxy) is 4. The standard InChI is InChI=1S/C70H90N10O12/c1-43(2)33-55-67(85)89-47(9)63(81)75(11)58(36-46(7)8)70(88)92-60(38-50-27-31-52(32-28-50)40-80-62(72-42-74-80)54-23-19-16-20-24-54)66(84)78(14)56(34-44(3)4)68(86)90-48(10)64(82)76(12)57(35-45(5)6)69(87)91-59(65(83)77(55)13)37-49-25-29-51(30-26-49)39-79-61(71-41-73-79)53-21-17-15-18-22-53/h15-32,41-48,55-60H,33-40H2,1-14H3/t47-,48-,55+,56+,57+,58+,59-,60-/m1/s1. The van der Waals surface area contributed by atoms with Crippen LogP contribution in [0.5, 0.6) is 0 Å². The van der Waals surface area contributed by atoms with E-state index >= 15 is 9.59 Å². The van der Waals surface area contributed by atoms with Gasteiger partial charge in [0.1, 0.15) is 36.8 Å². The lowest BCUT2D eigenvalue weighted by Crippen LogP contribution is -2.55. The summed E-state index contributed by atoms with van der Waals surface area (Å²) >= 11 is 0. The fourth-order valence-corrected chi connectivity index (χ4v) is 11.2. The zero-order valence-electron chi connectivity index (χ0n) is 55.5. The molecule has 3 heterocycles. The molecule has 92 heavy (non-hydrogen) atoms. The highest BCUT2D eigenvalue weighted by molar-refractivity contribution is 5.94. The molecule has 0 N–H and O–H groups in total. The zero-order valence-corrected chi connectivity index (χ0v) is 55.5. The van der Waals surface area contributed by atoms with Gasteiger partial charge < -0.3 is 38.5 Å². The van der Waals surface area contributed by atoms with Crippen molar-refractivity contribution in [2.45, 2.75) is 169 Å². The second-order valence-corrected chi connectivity index (χ2v) is 25.6. The second-order valence-electron chi connectivity index (χ2n) is 25.6. The molecule has 1 fully saturated rings. The lowest BCUT2D eigenvalue weighted by molar-refractivity contribution is -0.176. The Kier molecular flexibility index (Phi) is 24.7. The molecule has 7 rings (SSSR count). The molecule has 0 saturated carbocycles. The van der Waals surface area contributed by atoms with Crippen molar-refractivity contribution in [1.29, 1.82) is 0 Å². The highest BCUT2D eigenvalue weighted by Gasteiger charge is 2.43. The Balaban J connectivity index is 1.24. The lowest BCUT2D eigenvalue weighted by Gasteiger charge is -2.35. The van der Waals surface area contributed by atoms with Crippen LogP contribution in [0.3, 0.4) is 0 Å². The summed E-state index contributed by atoms with van der Waals surface area (Å²) in [6.45, 7) is 18.3. The van der Waals surface area contributed by atoms with E-state index in [-0.39, 0.29) is 62.2 Å². The number of nitrogens with zero attached hydrogens (tertiary/aromatic N) is 10. The second kappa shape index (κ2) is 32.3. The minimum atomic E-state index is -1.57. The molecule has 0 unspecified atom stereocenters. The predicted octanol–water partition coefficient (Wildman–Crippen LogP) is 8.28. The smallest absolute Gasteiger partial charge is 0.329 e. The van der Waals surface area contributed by atoms with Crippen molar-refractivity contribution in [3.8, 4) is 22.8 Å². The molecule has 4 amide bonds. The molecule has 6 aromatic rings. The molecule has 8 atom stereocenters. The van der Waals surface area contributed by atoms with Gasteiger partial charge in [-0.15, -0.1) is 0 Å². The van der Waals surface area contributed by atoms with E-state index in [0.29, 0.717) is 35.9 Å². The van der Waals surface area contributed by atoms with Gasteiger partial charge in [0.05, 0.1) is 13.1 Å². The maximum absolute atomic E-state index is 15.2. The van der Waals surface area contributed by atoms with Gasteiger partial charge in [-0.05, 0) is 85.5 Å². The summed E-state index contributed by atoms with van der Waals surface area (Å²) in [6.07, 6.45) is -3.26. The Morgan fingerprint density at radius 2 is 0.641 bits per heavy atom. The van der Waals surface area contributed by atoms with Crippen LogP contribution in [0.15, 0.2) is 122 Å². The van der Waals surface area contributed by atoms with Crippen molar-refractivity contribution in [3.05, 3.63) is 144 Å². The third-order valence-electron chi connectivity index (χ3n) is 16.3. The molecule has 1 saturated heterocycles. The van der Waals surface area contributed by atoms with Gasteiger partial charge in [-0.25, -0.2) is 38.5 Å². The summed E-state index contributed by atoms with van der Waals surface area (Å²) in [5.41, 5.74) is 4.66. The number of cyclic esters (lactones) is 4. The van der Waals surface area contributed by atoms with Crippen molar-refractivity contribution >= 4 is 47.5 Å². The van der Waals surface area contributed by atoms with Crippen LogP contribution in [0.4, 0.5) is 0 Å². The van der Waals surface area contributed by atoms with Crippen LogP contribution in [0.1, 0.15) is 117 Å². The van der Waals surface area contributed by atoms with Crippen LogP contribution >= 0.6 is 0 Å². The molecule has 0 aliphatic carbocycles. The molecule has 1 aliphatic rings. The number of aromatic nitrogens is 6. The van der Waals surface area contributed by atoms with E-state index in [1.165, 1.54) is 54.7 Å². The minimum Gasteiger partial charge on any atom is -0.451 e. The highest BCUT2D eigenvalue weighted by Crippen LogP contribution is 2.26. The van der Waals surface area contributed by atoms with E-state index in [1.807, 2.05) is 140 Å². The summed E-state index contributed by atoms with van der Waals surface area (Å²) in [5.74, 6) is -6.30. The first-order chi connectivity index (χ1) is 43.7. The molecule has 492 valence electrons. The summed E-state index contributed by atoms with van der Waals surface area (Å²) in [6, 6.07) is 28.7. The maximum Gasteiger partial charge on any atom is 0.329 e. The third-order valence-corrected chi connectivity index (χ3v) is 16.3. The van der Waals surface area contributed by atoms with E-state index in [1.54, 1.807) is 33.6 Å². The number of rotatable bonds is 18. The van der Waals surface area contributed by atoms with Crippen LogP contribution in [0, 0.1) is 23.7 Å². The quantitative estimate of drug-likeness (QED) is 0.0580. The molecule has 0 bridgehead atoms. The molecule has 1 aliphatic heterocycles. The van der Waals surface area contributed by atoms with Crippen molar-refractivity contribution in [2.24, 2.45) is 23.7 Å². The Bertz CT molecular complexity index is 3220. The van der Waals surface area contributed by atoms with Gasteiger partial charge in [-0.2, -0.15) is 10.2 Å². The number of likely N-dealkylation sites (N-methyl/N-ethyl adjacent to an activating group) is 4. The number of carbonyl (C=O) groups is 8. The minimum absolute atomic E-state index is 0.0637. The zero-order chi connectivity index (χ0) is 67.1. The van der Waals surface area contributed by atoms with Crippen molar-refractivity contribution in [3.63, 3.8) is 0 Å². The highest BCUT2D eigenvalue weighted by atomic mass is 16.6. The molecular weight excluding hydrogens is 1170 g/mol. The van der Waals surface area contributed by atoms with Crippen LogP contribution < -0.4 is 0 Å². The number of amides is 4. The van der Waals surface area contributed by atoms with E-state index in [0.717, 1.165) is 41.9 Å². The van der Waals surface area contributed by atoms with Gasteiger partial charge >= 0.3 is 23.9 Å². The fourth-order valence-electron chi connectivity index (χ4n) is 11.2. The number of hydrogen-bond donors (Lipinski definition) is 0. The van der Waals surface area contributed by atoms with Gasteiger partial charge in [0, 0.05) is 52.2 Å². The van der Waals surface area contributed by atoms with Crippen molar-refractivity contribution in [2.75, 3.05) is 28.2 Å². The lowest BCUT2D eigenvalue weighted by atomic mass is 9.99. The number of carbonyl (C=O) groups excluding carboxylic acids is 8. The molecule has 2 aromatic heterocycles. The van der Waals surface area contributed by atoms with Crippen LogP contribution in [0.2, 0.25) is 0 Å². The SMILES string of the molecule is CC(C)C[C@H]1C(=O)O[C@H](Cc2ccc(Cn3ncnc3-c3ccccc3)cc2)C(=O)N(C)[C@@H](CC(C)C)C(=O)O[C@H](C)C(=O)N(C)[C@@H](CC(C)C)C(=O)O[C@H](Cc2ccc(Cn3ncnc3-c3ccccc3)cc2)C(=O)N(C)[C@@H](CC(C)C)C(=O)O[C@H](C)C(=O)N1C. The van der Waals surface area contributed by atoms with Crippen molar-refractivity contribution in [1.82, 2.24) is 49.1 Å². The molecule has 0 spiro atoms. The normalized spacial score (nSPS) is 21.7. The van der Waals surface area contributed by atoms with Gasteiger partial charge in [0.25, 0.3) is 23.6 Å². The van der Waals surface area contributed by atoms with Gasteiger partial charge in [-0.3, -0.25) is 19.2 Å². The maximum atomic E-state index is 15.2. The Morgan fingerprint density at radius 3 is 0.935 bits per heavy atom. The Hall–Kier alpha value is -9.08. The molecular formula is C70H90N10O12. The molecule has 0 radical (unpaired) electrons. The van der Waals surface area contributed by atoms with Crippen molar-refractivity contribution < 1.29 is 57.3 Å². The summed E-state index contributed by atoms with van der Waals surface area (Å²) < 4.78 is 28.0. The van der Waals surface area contributed by atoms with Crippen LogP contribution in [0.25, 0.3) is 22.8 Å². The number of esters is 4. The summed E-state index contributed by atoms with van der Waals surface area (Å²) in [4.78, 5) is 132. The first kappa shape index (κ1) is 70.4. The predicted molar refractivity (Wildman–Crippen MR) is 344 cm³/mol.